The van der Waals surface area contributed by atoms with Crippen LogP contribution in [0.4, 0.5) is 5.82 Å². The number of pyridine rings is 1. The minimum Gasteiger partial charge on any atom is -0.368 e. The molecule has 2 rings (SSSR count). The molecule has 1 unspecified atom stereocenters. The standard InChI is InChI=1S/C12H16N4O2S/c1-9(5-8-19(2,17)18)15-11-4-3-10-12(16-11)14-7-6-13-10/h3-4,6-7,9H,5,8H2,1-2H3,(H,14,15,16). The van der Waals surface area contributed by atoms with Crippen LogP contribution in [0.1, 0.15) is 13.3 Å². The van der Waals surface area contributed by atoms with Gasteiger partial charge in [-0.3, -0.25) is 4.98 Å². The van der Waals surface area contributed by atoms with Crippen LogP contribution in [0.5, 0.6) is 0 Å². The van der Waals surface area contributed by atoms with Gasteiger partial charge in [-0.25, -0.2) is 18.4 Å². The van der Waals surface area contributed by atoms with Crippen LogP contribution in [0.3, 0.4) is 0 Å². The normalized spacial score (nSPS) is 13.4. The minimum absolute atomic E-state index is 0.0244. The molecule has 0 bridgehead atoms. The van der Waals surface area contributed by atoms with Gasteiger partial charge in [0.15, 0.2) is 5.65 Å². The summed E-state index contributed by atoms with van der Waals surface area (Å²) in [5, 5.41) is 3.16. The molecule has 2 aromatic rings. The van der Waals surface area contributed by atoms with Gasteiger partial charge in [0.25, 0.3) is 0 Å². The van der Waals surface area contributed by atoms with Gasteiger partial charge in [0.1, 0.15) is 21.2 Å². The Morgan fingerprint density at radius 2 is 2.00 bits per heavy atom. The van der Waals surface area contributed by atoms with Crippen molar-refractivity contribution in [1.29, 1.82) is 0 Å². The zero-order valence-electron chi connectivity index (χ0n) is 10.9. The quantitative estimate of drug-likeness (QED) is 0.887. The minimum atomic E-state index is -2.93. The van der Waals surface area contributed by atoms with Crippen molar-refractivity contribution in [2.75, 3.05) is 17.3 Å². The molecule has 0 saturated carbocycles. The number of anilines is 1. The molecule has 0 fully saturated rings. The summed E-state index contributed by atoms with van der Waals surface area (Å²) in [6, 6.07) is 3.67. The van der Waals surface area contributed by atoms with Gasteiger partial charge in [-0.2, -0.15) is 0 Å². The van der Waals surface area contributed by atoms with Crippen LogP contribution in [-0.4, -0.2) is 41.4 Å². The third kappa shape index (κ3) is 4.13. The van der Waals surface area contributed by atoms with E-state index >= 15 is 0 Å². The van der Waals surface area contributed by atoms with E-state index < -0.39 is 9.84 Å². The van der Waals surface area contributed by atoms with Crippen LogP contribution in [0, 0.1) is 0 Å². The molecule has 0 aliphatic rings. The lowest BCUT2D eigenvalue weighted by Crippen LogP contribution is -2.20. The summed E-state index contributed by atoms with van der Waals surface area (Å²) < 4.78 is 22.2. The smallest absolute Gasteiger partial charge is 0.180 e. The number of sulfone groups is 1. The molecule has 0 spiro atoms. The van der Waals surface area contributed by atoms with Crippen molar-refractivity contribution in [3.8, 4) is 0 Å². The van der Waals surface area contributed by atoms with Crippen LogP contribution >= 0.6 is 0 Å². The summed E-state index contributed by atoms with van der Waals surface area (Å²) in [5.74, 6) is 0.836. The molecule has 0 aliphatic heterocycles. The molecule has 0 aliphatic carbocycles. The molecule has 6 nitrogen and oxygen atoms in total. The second kappa shape index (κ2) is 5.48. The van der Waals surface area contributed by atoms with Crippen LogP contribution in [0.2, 0.25) is 0 Å². The summed E-state index contributed by atoms with van der Waals surface area (Å²) in [7, 11) is -2.93. The summed E-state index contributed by atoms with van der Waals surface area (Å²) in [4.78, 5) is 12.6. The lowest BCUT2D eigenvalue weighted by Gasteiger charge is -2.13. The maximum atomic E-state index is 11.1. The van der Waals surface area contributed by atoms with Crippen LogP contribution < -0.4 is 5.32 Å². The number of hydrogen-bond acceptors (Lipinski definition) is 6. The monoisotopic (exact) mass is 280 g/mol. The first-order chi connectivity index (χ1) is 8.94. The van der Waals surface area contributed by atoms with E-state index in [9.17, 15) is 8.42 Å². The molecule has 1 atom stereocenters. The Bertz CT molecular complexity index is 672. The predicted molar refractivity (Wildman–Crippen MR) is 74.7 cm³/mol. The fourth-order valence-electron chi connectivity index (χ4n) is 1.65. The van der Waals surface area contributed by atoms with Crippen LogP contribution in [0.15, 0.2) is 24.5 Å². The zero-order chi connectivity index (χ0) is 13.9. The first-order valence-electron chi connectivity index (χ1n) is 5.96. The summed E-state index contributed by atoms with van der Waals surface area (Å²) in [6.45, 7) is 1.92. The van der Waals surface area contributed by atoms with Gasteiger partial charge in [-0.1, -0.05) is 0 Å². The highest BCUT2D eigenvalue weighted by molar-refractivity contribution is 7.90. The Hall–Kier alpha value is -1.76. The topological polar surface area (TPSA) is 84.8 Å². The number of nitrogens with one attached hydrogen (secondary N) is 1. The molecular weight excluding hydrogens is 264 g/mol. The molecule has 0 saturated heterocycles. The predicted octanol–water partition coefficient (Wildman–Crippen LogP) is 1.26. The van der Waals surface area contributed by atoms with E-state index in [1.54, 1.807) is 12.4 Å². The van der Waals surface area contributed by atoms with Crippen molar-refractivity contribution in [3.05, 3.63) is 24.5 Å². The van der Waals surface area contributed by atoms with Crippen molar-refractivity contribution in [2.45, 2.75) is 19.4 Å². The average Bonchev–Trinajstić information content (AvgIpc) is 2.35. The molecule has 0 amide bonds. The third-order valence-corrected chi connectivity index (χ3v) is 3.62. The molecular formula is C12H16N4O2S. The Kier molecular flexibility index (Phi) is 3.94. The van der Waals surface area contributed by atoms with Gasteiger partial charge >= 0.3 is 0 Å². The fraction of sp³-hybridized carbons (Fsp3) is 0.417. The molecule has 19 heavy (non-hydrogen) atoms. The second-order valence-corrected chi connectivity index (χ2v) is 6.82. The third-order valence-electron chi connectivity index (χ3n) is 2.65. The second-order valence-electron chi connectivity index (χ2n) is 4.56. The lowest BCUT2D eigenvalue weighted by atomic mass is 10.2. The van der Waals surface area contributed by atoms with Gasteiger partial charge in [0.2, 0.25) is 0 Å². The number of hydrogen-bond donors (Lipinski definition) is 1. The Balaban J connectivity index is 2.04. The van der Waals surface area contributed by atoms with Gasteiger partial charge in [-0.05, 0) is 25.5 Å². The number of aromatic nitrogens is 3. The van der Waals surface area contributed by atoms with Crippen LogP contribution in [-0.2, 0) is 9.84 Å². The van der Waals surface area contributed by atoms with Gasteiger partial charge in [0.05, 0.1) is 5.75 Å². The Labute approximate surface area is 112 Å². The average molecular weight is 280 g/mol. The van der Waals surface area contributed by atoms with Crippen LogP contribution in [0.25, 0.3) is 11.2 Å². The number of fused-ring (bicyclic) bond motifs is 1. The van der Waals surface area contributed by atoms with Gasteiger partial charge in [0, 0.05) is 24.7 Å². The van der Waals surface area contributed by atoms with Crippen molar-refractivity contribution in [2.24, 2.45) is 0 Å². The van der Waals surface area contributed by atoms with Crippen molar-refractivity contribution < 1.29 is 8.42 Å². The van der Waals surface area contributed by atoms with E-state index in [0.717, 1.165) is 5.52 Å². The van der Waals surface area contributed by atoms with E-state index in [0.29, 0.717) is 17.9 Å². The van der Waals surface area contributed by atoms with Crippen molar-refractivity contribution >= 4 is 26.8 Å². The Morgan fingerprint density at radius 3 is 2.74 bits per heavy atom. The maximum Gasteiger partial charge on any atom is 0.180 e. The lowest BCUT2D eigenvalue weighted by molar-refractivity contribution is 0.595. The highest BCUT2D eigenvalue weighted by atomic mass is 32.2. The first-order valence-corrected chi connectivity index (χ1v) is 8.02. The molecule has 2 aromatic heterocycles. The maximum absolute atomic E-state index is 11.1. The van der Waals surface area contributed by atoms with E-state index in [1.807, 2.05) is 19.1 Å². The highest BCUT2D eigenvalue weighted by Gasteiger charge is 2.08. The van der Waals surface area contributed by atoms with E-state index in [2.05, 4.69) is 20.3 Å². The summed E-state index contributed by atoms with van der Waals surface area (Å²) in [5.41, 5.74) is 1.31. The molecule has 102 valence electrons. The Morgan fingerprint density at radius 1 is 1.26 bits per heavy atom. The van der Waals surface area contributed by atoms with E-state index in [4.69, 9.17) is 0 Å². The van der Waals surface area contributed by atoms with Crippen molar-refractivity contribution in [1.82, 2.24) is 15.0 Å². The van der Waals surface area contributed by atoms with Crippen molar-refractivity contribution in [3.63, 3.8) is 0 Å². The number of rotatable bonds is 5. The SMILES string of the molecule is CC(CCS(C)(=O)=O)Nc1ccc2nccnc2n1. The molecule has 0 radical (unpaired) electrons. The fourth-order valence-corrected chi connectivity index (χ4v) is 2.43. The molecule has 7 heteroatoms. The summed E-state index contributed by atoms with van der Waals surface area (Å²) >= 11 is 0. The van der Waals surface area contributed by atoms with Gasteiger partial charge in [-0.15, -0.1) is 0 Å². The summed E-state index contributed by atoms with van der Waals surface area (Å²) in [6.07, 6.45) is 4.99. The van der Waals surface area contributed by atoms with E-state index in [1.165, 1.54) is 6.26 Å². The highest BCUT2D eigenvalue weighted by Crippen LogP contribution is 2.12. The van der Waals surface area contributed by atoms with E-state index in [-0.39, 0.29) is 11.8 Å². The molecule has 0 aromatic carbocycles. The molecule has 2 heterocycles. The number of nitrogens with zero attached hydrogens (tertiary/aromatic N) is 3. The van der Waals surface area contributed by atoms with Gasteiger partial charge < -0.3 is 5.32 Å². The largest absolute Gasteiger partial charge is 0.368 e. The zero-order valence-corrected chi connectivity index (χ0v) is 11.7. The first kappa shape index (κ1) is 13.7. The molecule has 1 N–H and O–H groups in total.